The summed E-state index contributed by atoms with van der Waals surface area (Å²) < 4.78 is 7.17. The third-order valence-electron chi connectivity index (χ3n) is 4.51. The molecule has 0 saturated carbocycles. The molecule has 1 heterocycles. The summed E-state index contributed by atoms with van der Waals surface area (Å²) in [6.07, 6.45) is 0. The van der Waals surface area contributed by atoms with Crippen molar-refractivity contribution in [3.8, 4) is 22.8 Å². The maximum Gasteiger partial charge on any atom is 0.234 e. The number of halogens is 2. The second kappa shape index (κ2) is 10.1. The number of rotatable bonds is 7. The molecule has 1 amide bonds. The van der Waals surface area contributed by atoms with Gasteiger partial charge >= 0.3 is 0 Å². The summed E-state index contributed by atoms with van der Waals surface area (Å²) in [5.74, 6) is 1.16. The number of hydrogen-bond acceptors (Lipinski definition) is 5. The number of methoxy groups -OCH3 is 1. The summed E-state index contributed by atoms with van der Waals surface area (Å²) in [5, 5.41) is 13.3. The molecule has 4 aromatic rings. The smallest absolute Gasteiger partial charge is 0.234 e. The Morgan fingerprint density at radius 2 is 1.78 bits per heavy atom. The van der Waals surface area contributed by atoms with Crippen LogP contribution in [0.1, 0.15) is 0 Å². The Morgan fingerprint density at radius 1 is 1.00 bits per heavy atom. The van der Waals surface area contributed by atoms with Crippen molar-refractivity contribution in [1.29, 1.82) is 0 Å². The van der Waals surface area contributed by atoms with Gasteiger partial charge in [-0.2, -0.15) is 0 Å². The number of para-hydroxylation sites is 2. The molecule has 0 unspecified atom stereocenters. The monoisotopic (exact) mass is 484 g/mol. The Hall–Kier alpha value is -3.00. The van der Waals surface area contributed by atoms with Gasteiger partial charge in [0.1, 0.15) is 5.75 Å². The first kappa shape index (κ1) is 22.2. The van der Waals surface area contributed by atoms with Gasteiger partial charge in [-0.05, 0) is 48.5 Å². The van der Waals surface area contributed by atoms with Crippen molar-refractivity contribution in [3.63, 3.8) is 0 Å². The van der Waals surface area contributed by atoms with Crippen molar-refractivity contribution in [3.05, 3.63) is 82.8 Å². The predicted molar refractivity (Wildman–Crippen MR) is 129 cm³/mol. The molecule has 4 rings (SSSR count). The highest BCUT2D eigenvalue weighted by atomic mass is 35.5. The third kappa shape index (κ3) is 5.07. The number of aromatic nitrogens is 3. The molecule has 6 nitrogen and oxygen atoms in total. The maximum absolute atomic E-state index is 12.6. The van der Waals surface area contributed by atoms with Gasteiger partial charge in [0.05, 0.1) is 18.6 Å². The predicted octanol–water partition coefficient (Wildman–Crippen LogP) is 5.98. The van der Waals surface area contributed by atoms with Crippen LogP contribution in [0.3, 0.4) is 0 Å². The Balaban J connectivity index is 1.61. The van der Waals surface area contributed by atoms with Crippen LogP contribution < -0.4 is 10.1 Å². The fourth-order valence-corrected chi connectivity index (χ4v) is 4.13. The number of nitrogens with zero attached hydrogens (tertiary/aromatic N) is 3. The number of nitrogens with one attached hydrogen (secondary N) is 1. The quantitative estimate of drug-likeness (QED) is 0.326. The van der Waals surface area contributed by atoms with Gasteiger partial charge in [0.25, 0.3) is 0 Å². The van der Waals surface area contributed by atoms with E-state index >= 15 is 0 Å². The van der Waals surface area contributed by atoms with Crippen molar-refractivity contribution in [2.24, 2.45) is 0 Å². The van der Waals surface area contributed by atoms with Crippen LogP contribution in [0.4, 0.5) is 5.69 Å². The van der Waals surface area contributed by atoms with Crippen molar-refractivity contribution in [2.45, 2.75) is 5.16 Å². The molecule has 1 aromatic heterocycles. The summed E-state index contributed by atoms with van der Waals surface area (Å²) in [7, 11) is 1.56. The van der Waals surface area contributed by atoms with Crippen molar-refractivity contribution in [2.75, 3.05) is 18.2 Å². The van der Waals surface area contributed by atoms with E-state index in [1.165, 1.54) is 11.8 Å². The number of carbonyl (C=O) groups is 1. The minimum Gasteiger partial charge on any atom is -0.495 e. The number of hydrogen-bond donors (Lipinski definition) is 1. The molecule has 0 atom stereocenters. The van der Waals surface area contributed by atoms with E-state index in [-0.39, 0.29) is 11.7 Å². The van der Waals surface area contributed by atoms with Gasteiger partial charge in [0.2, 0.25) is 5.91 Å². The second-order valence-electron chi connectivity index (χ2n) is 6.67. The number of ether oxygens (including phenoxy) is 1. The highest BCUT2D eigenvalue weighted by molar-refractivity contribution is 7.99. The van der Waals surface area contributed by atoms with E-state index in [1.54, 1.807) is 37.4 Å². The first-order chi connectivity index (χ1) is 15.5. The lowest BCUT2D eigenvalue weighted by Crippen LogP contribution is -2.15. The average molecular weight is 485 g/mol. The fourth-order valence-electron chi connectivity index (χ4n) is 3.07. The summed E-state index contributed by atoms with van der Waals surface area (Å²) in [6, 6.07) is 22.0. The molecule has 0 aliphatic heterocycles. The van der Waals surface area contributed by atoms with Crippen molar-refractivity contribution in [1.82, 2.24) is 14.8 Å². The van der Waals surface area contributed by atoms with Crippen LogP contribution in [0.2, 0.25) is 10.0 Å². The van der Waals surface area contributed by atoms with Crippen molar-refractivity contribution < 1.29 is 9.53 Å². The zero-order valence-corrected chi connectivity index (χ0v) is 19.3. The van der Waals surface area contributed by atoms with Crippen LogP contribution in [0, 0.1) is 0 Å². The molecular weight excluding hydrogens is 467 g/mol. The molecule has 0 spiro atoms. The fraction of sp³-hybridized carbons (Fsp3) is 0.0870. The van der Waals surface area contributed by atoms with Crippen LogP contribution in [-0.2, 0) is 4.79 Å². The van der Waals surface area contributed by atoms with Gasteiger partial charge in [0.15, 0.2) is 11.0 Å². The number of carbonyl (C=O) groups excluding carboxylic acids is 1. The van der Waals surface area contributed by atoms with Crippen LogP contribution in [0.25, 0.3) is 17.1 Å². The molecule has 0 saturated heterocycles. The van der Waals surface area contributed by atoms with Crippen LogP contribution in [-0.4, -0.2) is 33.5 Å². The Kier molecular flexibility index (Phi) is 6.99. The minimum atomic E-state index is -0.186. The summed E-state index contributed by atoms with van der Waals surface area (Å²) >= 11 is 13.5. The summed E-state index contributed by atoms with van der Waals surface area (Å²) in [5.41, 5.74) is 2.24. The summed E-state index contributed by atoms with van der Waals surface area (Å²) in [6.45, 7) is 0. The molecular formula is C23H18Cl2N4O2S. The standard InChI is InChI=1S/C23H18Cl2N4O2S/c1-31-20-8-3-2-7-19(20)26-21(30)14-32-23-28-27-22(15-5-4-6-17(25)13-15)29(23)18-11-9-16(24)10-12-18/h2-13H,14H2,1H3,(H,26,30). The van der Waals surface area contributed by atoms with Gasteiger partial charge in [-0.3, -0.25) is 9.36 Å². The molecule has 9 heteroatoms. The SMILES string of the molecule is COc1ccccc1NC(=O)CSc1nnc(-c2cccc(Cl)c2)n1-c1ccc(Cl)cc1. The average Bonchev–Trinajstić information content (AvgIpc) is 3.22. The lowest BCUT2D eigenvalue weighted by Gasteiger charge is -2.12. The molecule has 0 aliphatic rings. The maximum atomic E-state index is 12.6. The molecule has 32 heavy (non-hydrogen) atoms. The number of amides is 1. The van der Waals surface area contributed by atoms with E-state index in [1.807, 2.05) is 47.0 Å². The molecule has 0 bridgehead atoms. The van der Waals surface area contributed by atoms with E-state index in [0.29, 0.717) is 32.5 Å². The number of benzene rings is 3. The zero-order chi connectivity index (χ0) is 22.5. The van der Waals surface area contributed by atoms with Crippen LogP contribution in [0.5, 0.6) is 5.75 Å². The van der Waals surface area contributed by atoms with Gasteiger partial charge in [-0.15, -0.1) is 10.2 Å². The topological polar surface area (TPSA) is 69.0 Å². The Morgan fingerprint density at radius 3 is 2.53 bits per heavy atom. The van der Waals surface area contributed by atoms with Crippen LogP contribution in [0.15, 0.2) is 78.0 Å². The zero-order valence-electron chi connectivity index (χ0n) is 17.0. The molecule has 0 aliphatic carbocycles. The molecule has 3 aromatic carbocycles. The van der Waals surface area contributed by atoms with E-state index in [0.717, 1.165) is 11.3 Å². The van der Waals surface area contributed by atoms with Gasteiger partial charge < -0.3 is 10.1 Å². The minimum absolute atomic E-state index is 0.138. The normalized spacial score (nSPS) is 10.7. The largest absolute Gasteiger partial charge is 0.495 e. The lowest BCUT2D eigenvalue weighted by molar-refractivity contribution is -0.113. The molecule has 0 radical (unpaired) electrons. The highest BCUT2D eigenvalue weighted by Gasteiger charge is 2.18. The first-order valence-electron chi connectivity index (χ1n) is 9.58. The second-order valence-corrected chi connectivity index (χ2v) is 8.48. The first-order valence-corrected chi connectivity index (χ1v) is 11.3. The van der Waals surface area contributed by atoms with Gasteiger partial charge in [-0.1, -0.05) is 59.2 Å². The van der Waals surface area contributed by atoms with Crippen LogP contribution >= 0.6 is 35.0 Å². The lowest BCUT2D eigenvalue weighted by atomic mass is 10.2. The Bertz CT molecular complexity index is 1240. The van der Waals surface area contributed by atoms with E-state index < -0.39 is 0 Å². The highest BCUT2D eigenvalue weighted by Crippen LogP contribution is 2.30. The van der Waals surface area contributed by atoms with E-state index in [9.17, 15) is 4.79 Å². The third-order valence-corrected chi connectivity index (χ3v) is 5.93. The Labute approximate surface area is 199 Å². The number of anilines is 1. The molecule has 162 valence electrons. The molecule has 1 N–H and O–H groups in total. The van der Waals surface area contributed by atoms with E-state index in [4.69, 9.17) is 27.9 Å². The van der Waals surface area contributed by atoms with Gasteiger partial charge in [0, 0.05) is 21.3 Å². The van der Waals surface area contributed by atoms with Crippen molar-refractivity contribution >= 4 is 46.6 Å². The van der Waals surface area contributed by atoms with Gasteiger partial charge in [-0.25, -0.2) is 0 Å². The molecule has 0 fully saturated rings. The summed E-state index contributed by atoms with van der Waals surface area (Å²) in [4.78, 5) is 12.6. The number of thioether (sulfide) groups is 1. The van der Waals surface area contributed by atoms with E-state index in [2.05, 4.69) is 15.5 Å².